The Morgan fingerprint density at radius 3 is 2.53 bits per heavy atom. The molecular formula is C15H28N2O2. The molecule has 110 valence electrons. The first-order valence-corrected chi connectivity index (χ1v) is 7.72. The quantitative estimate of drug-likeness (QED) is 0.800. The van der Waals surface area contributed by atoms with Crippen LogP contribution < -0.4 is 5.32 Å². The molecule has 19 heavy (non-hydrogen) atoms. The average molecular weight is 268 g/mol. The van der Waals surface area contributed by atoms with Crippen molar-refractivity contribution in [3.8, 4) is 0 Å². The summed E-state index contributed by atoms with van der Waals surface area (Å²) in [6.45, 7) is 4.96. The van der Waals surface area contributed by atoms with Gasteiger partial charge in [0, 0.05) is 38.2 Å². The number of hydrogen-bond acceptors (Lipinski definition) is 3. The van der Waals surface area contributed by atoms with Crippen LogP contribution in [0.25, 0.3) is 0 Å². The van der Waals surface area contributed by atoms with Gasteiger partial charge >= 0.3 is 0 Å². The van der Waals surface area contributed by atoms with Crippen LogP contribution in [0.5, 0.6) is 0 Å². The maximum atomic E-state index is 12.4. The summed E-state index contributed by atoms with van der Waals surface area (Å²) < 4.78 is 5.22. The molecule has 2 saturated heterocycles. The largest absolute Gasteiger partial charge is 0.382 e. The number of methoxy groups -OCH3 is 1. The second-order valence-corrected chi connectivity index (χ2v) is 6.03. The Labute approximate surface area is 116 Å². The first-order valence-electron chi connectivity index (χ1n) is 7.72. The number of rotatable bonds is 6. The number of nitrogens with one attached hydrogen (secondary N) is 1. The van der Waals surface area contributed by atoms with Gasteiger partial charge in [0.1, 0.15) is 0 Å². The number of piperidine rings is 1. The van der Waals surface area contributed by atoms with E-state index in [4.69, 9.17) is 4.74 Å². The van der Waals surface area contributed by atoms with E-state index >= 15 is 0 Å². The van der Waals surface area contributed by atoms with E-state index in [0.717, 1.165) is 25.8 Å². The van der Waals surface area contributed by atoms with Gasteiger partial charge in [0.25, 0.3) is 0 Å². The predicted molar refractivity (Wildman–Crippen MR) is 76.1 cm³/mol. The van der Waals surface area contributed by atoms with Gasteiger partial charge in [-0.1, -0.05) is 0 Å². The summed E-state index contributed by atoms with van der Waals surface area (Å²) in [7, 11) is 1.71. The van der Waals surface area contributed by atoms with Crippen LogP contribution in [-0.4, -0.2) is 48.7 Å². The normalized spacial score (nSPS) is 31.2. The minimum atomic E-state index is 0.173. The third-order valence-corrected chi connectivity index (χ3v) is 4.72. The fourth-order valence-corrected chi connectivity index (χ4v) is 3.51. The minimum Gasteiger partial charge on any atom is -0.382 e. The summed E-state index contributed by atoms with van der Waals surface area (Å²) in [6.07, 6.45) is 6.45. The fraction of sp³-hybridized carbons (Fsp3) is 0.933. The first-order chi connectivity index (χ1) is 9.13. The zero-order valence-electron chi connectivity index (χ0n) is 12.5. The molecule has 1 N–H and O–H groups in total. The van der Waals surface area contributed by atoms with E-state index in [9.17, 15) is 4.79 Å². The lowest BCUT2D eigenvalue weighted by molar-refractivity contribution is -0.134. The van der Waals surface area contributed by atoms with E-state index < -0.39 is 0 Å². The standard InChI is InChI=1S/C15H28N2O2/c1-4-17(15(18)8-5-11(2)19-3)14-9-12-6-7-13(10-14)16-12/h11-14,16H,4-10H2,1-3H3. The first kappa shape index (κ1) is 14.8. The lowest BCUT2D eigenvalue weighted by atomic mass is 9.97. The van der Waals surface area contributed by atoms with Gasteiger partial charge in [-0.25, -0.2) is 0 Å². The van der Waals surface area contributed by atoms with Gasteiger partial charge in [-0.05, 0) is 46.0 Å². The van der Waals surface area contributed by atoms with Crippen molar-refractivity contribution in [2.75, 3.05) is 13.7 Å². The number of ether oxygens (including phenoxy) is 1. The van der Waals surface area contributed by atoms with Gasteiger partial charge in [0.15, 0.2) is 0 Å². The second-order valence-electron chi connectivity index (χ2n) is 6.03. The van der Waals surface area contributed by atoms with E-state index in [-0.39, 0.29) is 6.10 Å². The number of carbonyl (C=O) groups is 1. The molecule has 1 amide bonds. The maximum absolute atomic E-state index is 12.4. The van der Waals surface area contributed by atoms with Gasteiger partial charge < -0.3 is 15.0 Å². The van der Waals surface area contributed by atoms with Gasteiger partial charge in [-0.2, -0.15) is 0 Å². The fourth-order valence-electron chi connectivity index (χ4n) is 3.51. The topological polar surface area (TPSA) is 41.6 Å². The molecule has 0 aromatic carbocycles. The maximum Gasteiger partial charge on any atom is 0.222 e. The Morgan fingerprint density at radius 1 is 1.37 bits per heavy atom. The molecule has 2 heterocycles. The highest BCUT2D eigenvalue weighted by Gasteiger charge is 2.36. The molecule has 2 fully saturated rings. The zero-order valence-corrected chi connectivity index (χ0v) is 12.5. The van der Waals surface area contributed by atoms with Crippen molar-refractivity contribution in [2.45, 2.75) is 76.6 Å². The summed E-state index contributed by atoms with van der Waals surface area (Å²) in [6, 6.07) is 1.74. The lowest BCUT2D eigenvalue weighted by Gasteiger charge is -2.37. The monoisotopic (exact) mass is 268 g/mol. The molecule has 0 saturated carbocycles. The van der Waals surface area contributed by atoms with Crippen LogP contribution in [0.2, 0.25) is 0 Å². The van der Waals surface area contributed by atoms with Crippen LogP contribution in [0.3, 0.4) is 0 Å². The van der Waals surface area contributed by atoms with E-state index in [1.807, 2.05) is 6.92 Å². The van der Waals surface area contributed by atoms with Crippen molar-refractivity contribution < 1.29 is 9.53 Å². The Bertz CT molecular complexity index is 297. The minimum absolute atomic E-state index is 0.173. The summed E-state index contributed by atoms with van der Waals surface area (Å²) in [5.74, 6) is 0.303. The Hall–Kier alpha value is -0.610. The van der Waals surface area contributed by atoms with Crippen molar-refractivity contribution in [1.82, 2.24) is 10.2 Å². The van der Waals surface area contributed by atoms with Crippen molar-refractivity contribution in [2.24, 2.45) is 0 Å². The molecule has 4 heteroatoms. The second kappa shape index (κ2) is 6.71. The summed E-state index contributed by atoms with van der Waals surface area (Å²) in [5.41, 5.74) is 0. The molecule has 4 nitrogen and oxygen atoms in total. The molecule has 3 atom stereocenters. The highest BCUT2D eigenvalue weighted by atomic mass is 16.5. The molecule has 2 aliphatic heterocycles. The number of nitrogens with zero attached hydrogens (tertiary/aromatic N) is 1. The number of carbonyl (C=O) groups excluding carboxylic acids is 1. The van der Waals surface area contributed by atoms with Crippen LogP contribution in [0, 0.1) is 0 Å². The van der Waals surface area contributed by atoms with Gasteiger partial charge in [0.2, 0.25) is 5.91 Å². The van der Waals surface area contributed by atoms with Gasteiger partial charge in [-0.15, -0.1) is 0 Å². The van der Waals surface area contributed by atoms with Crippen LogP contribution in [0.4, 0.5) is 0 Å². The van der Waals surface area contributed by atoms with Crippen molar-refractivity contribution in [3.63, 3.8) is 0 Å². The SMILES string of the molecule is CCN(C(=O)CCC(C)OC)C1CC2CCC(C1)N2. The van der Waals surface area contributed by atoms with Gasteiger partial charge in [-0.3, -0.25) is 4.79 Å². The molecule has 2 aliphatic rings. The van der Waals surface area contributed by atoms with Gasteiger partial charge in [0.05, 0.1) is 6.10 Å². The summed E-state index contributed by atoms with van der Waals surface area (Å²) >= 11 is 0. The Morgan fingerprint density at radius 2 is 2.00 bits per heavy atom. The lowest BCUT2D eigenvalue weighted by Crippen LogP contribution is -2.50. The Balaban J connectivity index is 1.86. The van der Waals surface area contributed by atoms with E-state index in [1.165, 1.54) is 12.8 Å². The highest BCUT2D eigenvalue weighted by molar-refractivity contribution is 5.76. The van der Waals surface area contributed by atoms with Crippen LogP contribution >= 0.6 is 0 Å². The van der Waals surface area contributed by atoms with Crippen molar-refractivity contribution >= 4 is 5.91 Å². The number of fused-ring (bicyclic) bond motifs is 2. The van der Waals surface area contributed by atoms with Crippen LogP contribution in [0.15, 0.2) is 0 Å². The van der Waals surface area contributed by atoms with Crippen LogP contribution in [0.1, 0.15) is 52.4 Å². The highest BCUT2D eigenvalue weighted by Crippen LogP contribution is 2.30. The molecular weight excluding hydrogens is 240 g/mol. The molecule has 2 rings (SSSR count). The van der Waals surface area contributed by atoms with Crippen molar-refractivity contribution in [1.29, 1.82) is 0 Å². The molecule has 0 aliphatic carbocycles. The molecule has 0 radical (unpaired) electrons. The molecule has 0 spiro atoms. The third-order valence-electron chi connectivity index (χ3n) is 4.72. The molecule has 3 unspecified atom stereocenters. The smallest absolute Gasteiger partial charge is 0.222 e. The number of hydrogen-bond donors (Lipinski definition) is 1. The number of amides is 1. The summed E-state index contributed by atoms with van der Waals surface area (Å²) in [5, 5.41) is 3.64. The average Bonchev–Trinajstić information content (AvgIpc) is 2.75. The zero-order chi connectivity index (χ0) is 13.8. The summed E-state index contributed by atoms with van der Waals surface area (Å²) in [4.78, 5) is 14.5. The molecule has 2 bridgehead atoms. The Kier molecular flexibility index (Phi) is 5.22. The van der Waals surface area contributed by atoms with Crippen LogP contribution in [-0.2, 0) is 9.53 Å². The molecule has 0 aromatic heterocycles. The van der Waals surface area contributed by atoms with E-state index in [1.54, 1.807) is 7.11 Å². The molecule has 0 aromatic rings. The van der Waals surface area contributed by atoms with E-state index in [2.05, 4.69) is 17.1 Å². The van der Waals surface area contributed by atoms with E-state index in [0.29, 0.717) is 30.5 Å². The van der Waals surface area contributed by atoms with Crippen molar-refractivity contribution in [3.05, 3.63) is 0 Å². The predicted octanol–water partition coefficient (Wildman–Crippen LogP) is 1.93. The third kappa shape index (κ3) is 3.69.